The molecule has 3 aromatic carbocycles. The van der Waals surface area contributed by atoms with Crippen LogP contribution in [0.1, 0.15) is 129 Å². The second-order valence-electron chi connectivity index (χ2n) is 16.0. The summed E-state index contributed by atoms with van der Waals surface area (Å²) in [5.74, 6) is 3.08. The van der Waals surface area contributed by atoms with Gasteiger partial charge in [0, 0.05) is 50.5 Å². The molecule has 0 bridgehead atoms. The SMILES string of the molecule is CC(C)c1cc(Oc2ccc3cc(C(C)(C)C)cc(O)c3n2)[c-]c(C2=N[C@@H](C(C)(C)C)CN2c2c(C(C)C)cccc2C(C)C)c1.[Pt]. The molecule has 5 rings (SSSR count). The van der Waals surface area contributed by atoms with Crippen molar-refractivity contribution in [3.63, 3.8) is 0 Å². The van der Waals surface area contributed by atoms with Gasteiger partial charge >= 0.3 is 0 Å². The average Bonchev–Trinajstić information content (AvgIpc) is 3.42. The molecule has 1 aliphatic rings. The number of amidine groups is 1. The Kier molecular flexibility index (Phi) is 10.7. The molecular formula is C41H52N3O2Pt-. The zero-order valence-corrected chi connectivity index (χ0v) is 32.5. The van der Waals surface area contributed by atoms with Crippen LogP contribution < -0.4 is 9.64 Å². The number of aliphatic imine (C=N–C) groups is 1. The van der Waals surface area contributed by atoms with Gasteiger partial charge < -0.3 is 19.7 Å². The van der Waals surface area contributed by atoms with Gasteiger partial charge in [0.25, 0.3) is 0 Å². The fraction of sp³-hybridized carbons (Fsp3) is 0.463. The van der Waals surface area contributed by atoms with Crippen molar-refractivity contribution in [3.05, 3.63) is 88.5 Å². The number of rotatable bonds is 7. The maximum absolute atomic E-state index is 10.9. The summed E-state index contributed by atoms with van der Waals surface area (Å²) in [6.07, 6.45) is 0. The summed E-state index contributed by atoms with van der Waals surface area (Å²) in [6, 6.07) is 22.4. The molecule has 6 heteroatoms. The number of aromatic hydroxyl groups is 1. The fourth-order valence-electron chi connectivity index (χ4n) is 6.09. The number of phenolic OH excluding ortho intramolecular Hbond substituents is 1. The third kappa shape index (κ3) is 7.77. The number of fused-ring (bicyclic) bond motifs is 1. The minimum absolute atomic E-state index is 0. The number of benzene rings is 3. The molecule has 0 aliphatic carbocycles. The van der Waals surface area contributed by atoms with E-state index in [2.05, 4.69) is 124 Å². The van der Waals surface area contributed by atoms with E-state index >= 15 is 0 Å². The zero-order chi connectivity index (χ0) is 33.7. The molecule has 0 saturated heterocycles. The largest absolute Gasteiger partial charge is 0.506 e. The molecule has 0 spiro atoms. The van der Waals surface area contributed by atoms with Crippen LogP contribution in [0.5, 0.6) is 17.4 Å². The van der Waals surface area contributed by atoms with Crippen molar-refractivity contribution in [2.75, 3.05) is 11.4 Å². The number of nitrogens with zero attached hydrogens (tertiary/aromatic N) is 3. The number of aromatic nitrogens is 1. The van der Waals surface area contributed by atoms with Gasteiger partial charge in [-0.2, -0.15) is 0 Å². The number of hydrogen-bond acceptors (Lipinski definition) is 5. The Morgan fingerprint density at radius 1 is 0.851 bits per heavy atom. The van der Waals surface area contributed by atoms with Crippen LogP contribution in [-0.2, 0) is 26.5 Å². The fourth-order valence-corrected chi connectivity index (χ4v) is 6.09. The summed E-state index contributed by atoms with van der Waals surface area (Å²) >= 11 is 0. The Hall–Kier alpha value is -3.17. The maximum Gasteiger partial charge on any atom is 0.217 e. The van der Waals surface area contributed by atoms with Crippen molar-refractivity contribution < 1.29 is 30.9 Å². The van der Waals surface area contributed by atoms with Gasteiger partial charge in [-0.3, -0.25) is 0 Å². The molecule has 254 valence electrons. The van der Waals surface area contributed by atoms with E-state index in [0.29, 0.717) is 29.0 Å². The van der Waals surface area contributed by atoms with Crippen molar-refractivity contribution >= 4 is 22.4 Å². The van der Waals surface area contributed by atoms with E-state index < -0.39 is 0 Å². The number of anilines is 1. The molecule has 0 amide bonds. The Morgan fingerprint density at radius 3 is 2.04 bits per heavy atom. The van der Waals surface area contributed by atoms with Gasteiger partial charge in [-0.25, -0.2) is 4.98 Å². The molecule has 1 atom stereocenters. The molecule has 47 heavy (non-hydrogen) atoms. The third-order valence-corrected chi connectivity index (χ3v) is 9.10. The standard InChI is InChI=1S/C41H52N3O2.Pt/c1-24(2)28-18-29(21-31(20-28)46-36-17-16-27-19-30(40(7,8)9)22-34(45)37(27)43-36)39-42-35(41(10,11)12)23-44(39)38-32(25(3)4)14-13-15-33(38)26(5)6;/h13-20,22,24-26,35,45H,23H2,1-12H3;/q-1;/t35-;/m1./s1. The van der Waals surface area contributed by atoms with Crippen molar-refractivity contribution in [1.29, 1.82) is 0 Å². The van der Waals surface area contributed by atoms with Crippen LogP contribution in [0, 0.1) is 11.5 Å². The van der Waals surface area contributed by atoms with Crippen LogP contribution in [0.4, 0.5) is 5.69 Å². The molecule has 0 saturated carbocycles. The number of hydrogen-bond donors (Lipinski definition) is 1. The van der Waals surface area contributed by atoms with Gasteiger partial charge in [-0.15, -0.1) is 17.2 Å². The molecular weight excluding hydrogens is 762 g/mol. The molecule has 1 N–H and O–H groups in total. The Balaban J connectivity index is 0.00000500. The summed E-state index contributed by atoms with van der Waals surface area (Å²) in [7, 11) is 0. The number of ether oxygens (including phenoxy) is 1. The van der Waals surface area contributed by atoms with Crippen molar-refractivity contribution in [2.24, 2.45) is 10.4 Å². The minimum atomic E-state index is -0.0854. The van der Waals surface area contributed by atoms with Crippen LogP contribution >= 0.6 is 0 Å². The Morgan fingerprint density at radius 2 is 1.49 bits per heavy atom. The van der Waals surface area contributed by atoms with E-state index in [1.54, 1.807) is 0 Å². The first kappa shape index (κ1) is 36.7. The molecule has 0 fully saturated rings. The summed E-state index contributed by atoms with van der Waals surface area (Å²) in [5.41, 5.74) is 7.48. The summed E-state index contributed by atoms with van der Waals surface area (Å²) in [6.45, 7) is 27.5. The van der Waals surface area contributed by atoms with Crippen LogP contribution in [0.3, 0.4) is 0 Å². The van der Waals surface area contributed by atoms with E-state index in [4.69, 9.17) is 14.7 Å². The van der Waals surface area contributed by atoms with E-state index in [1.807, 2.05) is 24.3 Å². The normalized spacial score (nSPS) is 15.5. The van der Waals surface area contributed by atoms with Gasteiger partial charge in [-0.05, 0) is 63.5 Å². The minimum Gasteiger partial charge on any atom is -0.506 e. The molecule has 4 aromatic rings. The van der Waals surface area contributed by atoms with Crippen LogP contribution in [0.2, 0.25) is 0 Å². The van der Waals surface area contributed by atoms with Gasteiger partial charge in [-0.1, -0.05) is 113 Å². The molecule has 0 radical (unpaired) electrons. The second kappa shape index (κ2) is 13.7. The topological polar surface area (TPSA) is 58.0 Å². The van der Waals surface area contributed by atoms with E-state index in [-0.39, 0.29) is 49.6 Å². The van der Waals surface area contributed by atoms with E-state index in [1.165, 1.54) is 16.8 Å². The first-order valence-corrected chi connectivity index (χ1v) is 16.8. The Labute approximate surface area is 297 Å². The maximum atomic E-state index is 10.9. The van der Waals surface area contributed by atoms with Gasteiger partial charge in [0.1, 0.15) is 11.3 Å². The third-order valence-electron chi connectivity index (χ3n) is 9.10. The van der Waals surface area contributed by atoms with Crippen LogP contribution in [0.15, 0.2) is 59.6 Å². The van der Waals surface area contributed by atoms with Crippen molar-refractivity contribution in [2.45, 2.75) is 112 Å². The smallest absolute Gasteiger partial charge is 0.217 e. The summed E-state index contributed by atoms with van der Waals surface area (Å²) in [4.78, 5) is 12.6. The monoisotopic (exact) mass is 813 g/mol. The van der Waals surface area contributed by atoms with Crippen molar-refractivity contribution in [3.8, 4) is 17.4 Å². The summed E-state index contributed by atoms with van der Waals surface area (Å²) < 4.78 is 6.44. The van der Waals surface area contributed by atoms with Crippen LogP contribution in [0.25, 0.3) is 10.9 Å². The van der Waals surface area contributed by atoms with Gasteiger partial charge in [0.2, 0.25) is 5.88 Å². The van der Waals surface area contributed by atoms with Crippen LogP contribution in [-0.4, -0.2) is 28.5 Å². The number of phenols is 1. The van der Waals surface area contributed by atoms with Gasteiger partial charge in [0.05, 0.1) is 11.9 Å². The molecule has 0 unspecified atom stereocenters. The summed E-state index contributed by atoms with van der Waals surface area (Å²) in [5, 5.41) is 11.8. The molecule has 5 nitrogen and oxygen atoms in total. The quantitative estimate of drug-likeness (QED) is 0.189. The molecule has 1 aromatic heterocycles. The van der Waals surface area contributed by atoms with E-state index in [9.17, 15) is 5.11 Å². The van der Waals surface area contributed by atoms with Crippen molar-refractivity contribution in [1.82, 2.24) is 4.98 Å². The van der Waals surface area contributed by atoms with Gasteiger partial charge in [0.15, 0.2) is 0 Å². The average molecular weight is 814 g/mol. The predicted octanol–water partition coefficient (Wildman–Crippen LogP) is 10.9. The first-order valence-electron chi connectivity index (χ1n) is 16.8. The molecule has 2 heterocycles. The predicted molar refractivity (Wildman–Crippen MR) is 193 cm³/mol. The second-order valence-corrected chi connectivity index (χ2v) is 16.0. The molecule has 1 aliphatic heterocycles. The first-order chi connectivity index (χ1) is 21.4. The number of para-hydroxylation sites is 1. The Bertz CT molecular complexity index is 1750. The van der Waals surface area contributed by atoms with E-state index in [0.717, 1.165) is 34.5 Å². The zero-order valence-electron chi connectivity index (χ0n) is 30.2. The number of pyridine rings is 1.